The van der Waals surface area contributed by atoms with Gasteiger partial charge in [-0.1, -0.05) is 33.6 Å². The zero-order chi connectivity index (χ0) is 14.2. The van der Waals surface area contributed by atoms with E-state index < -0.39 is 0 Å². The first-order valence-corrected chi connectivity index (χ1v) is 7.42. The lowest BCUT2D eigenvalue weighted by Gasteiger charge is -2.30. The standard InChI is InChI=1S/C15H26N2O2/c1-10(15(2,3)4)16-12-9-13(18)17(14(12)19)11-7-5-6-8-11/h10-12,16H,5-9H2,1-4H3. The van der Waals surface area contributed by atoms with Crippen LogP contribution >= 0.6 is 0 Å². The number of nitrogens with one attached hydrogen (secondary N) is 1. The number of carbonyl (C=O) groups excluding carboxylic acids is 2. The number of hydrogen-bond acceptors (Lipinski definition) is 3. The molecule has 0 aromatic carbocycles. The van der Waals surface area contributed by atoms with Crippen LogP contribution < -0.4 is 5.32 Å². The SMILES string of the molecule is CC(NC1CC(=O)N(C2CCCC2)C1=O)C(C)(C)C. The van der Waals surface area contributed by atoms with E-state index in [0.29, 0.717) is 6.42 Å². The number of amides is 2. The van der Waals surface area contributed by atoms with Gasteiger partial charge in [0.05, 0.1) is 12.5 Å². The molecule has 2 rings (SSSR count). The van der Waals surface area contributed by atoms with E-state index in [1.807, 2.05) is 0 Å². The van der Waals surface area contributed by atoms with Crippen molar-refractivity contribution in [3.63, 3.8) is 0 Å². The molecule has 108 valence electrons. The molecule has 1 saturated heterocycles. The second-order valence-corrected chi connectivity index (χ2v) is 7.05. The Bertz CT molecular complexity index is 367. The molecule has 0 radical (unpaired) electrons. The van der Waals surface area contributed by atoms with E-state index in [4.69, 9.17) is 0 Å². The molecular weight excluding hydrogens is 240 g/mol. The molecule has 2 atom stereocenters. The summed E-state index contributed by atoms with van der Waals surface area (Å²) < 4.78 is 0. The Kier molecular flexibility index (Phi) is 4.00. The molecule has 0 bridgehead atoms. The first-order chi connectivity index (χ1) is 8.80. The van der Waals surface area contributed by atoms with Gasteiger partial charge in [0.15, 0.2) is 0 Å². The molecule has 2 aliphatic rings. The minimum Gasteiger partial charge on any atom is -0.302 e. The molecule has 0 aromatic heterocycles. The van der Waals surface area contributed by atoms with Gasteiger partial charge in [0, 0.05) is 12.1 Å². The smallest absolute Gasteiger partial charge is 0.247 e. The molecule has 4 heteroatoms. The normalized spacial score (nSPS) is 27.4. The molecule has 1 N–H and O–H groups in total. The summed E-state index contributed by atoms with van der Waals surface area (Å²) >= 11 is 0. The van der Waals surface area contributed by atoms with E-state index in [9.17, 15) is 9.59 Å². The zero-order valence-electron chi connectivity index (χ0n) is 12.5. The van der Waals surface area contributed by atoms with Crippen molar-refractivity contribution in [2.45, 2.75) is 77.9 Å². The van der Waals surface area contributed by atoms with E-state index >= 15 is 0 Å². The number of likely N-dealkylation sites (tertiary alicyclic amines) is 1. The van der Waals surface area contributed by atoms with Crippen LogP contribution in [0.15, 0.2) is 0 Å². The molecule has 2 unspecified atom stereocenters. The van der Waals surface area contributed by atoms with Crippen LogP contribution in [-0.2, 0) is 9.59 Å². The van der Waals surface area contributed by atoms with Gasteiger partial charge in [-0.2, -0.15) is 0 Å². The van der Waals surface area contributed by atoms with Crippen LogP contribution in [-0.4, -0.2) is 34.8 Å². The maximum Gasteiger partial charge on any atom is 0.247 e. The summed E-state index contributed by atoms with van der Waals surface area (Å²) in [5.74, 6) is 0.00325. The molecule has 0 aromatic rings. The highest BCUT2D eigenvalue weighted by molar-refractivity contribution is 6.05. The zero-order valence-corrected chi connectivity index (χ0v) is 12.5. The second-order valence-electron chi connectivity index (χ2n) is 7.05. The Balaban J connectivity index is 2.01. The highest BCUT2D eigenvalue weighted by atomic mass is 16.2. The van der Waals surface area contributed by atoms with Crippen LogP contribution in [0.25, 0.3) is 0 Å². The monoisotopic (exact) mass is 266 g/mol. The molecule has 1 aliphatic carbocycles. The van der Waals surface area contributed by atoms with Gasteiger partial charge in [0.1, 0.15) is 0 Å². The summed E-state index contributed by atoms with van der Waals surface area (Å²) in [6.45, 7) is 8.50. The molecule has 2 amide bonds. The molecule has 1 heterocycles. The van der Waals surface area contributed by atoms with Gasteiger partial charge in [0.25, 0.3) is 0 Å². The lowest BCUT2D eigenvalue weighted by Crippen LogP contribution is -2.48. The number of rotatable bonds is 3. The van der Waals surface area contributed by atoms with E-state index in [0.717, 1.165) is 25.7 Å². The fourth-order valence-corrected chi connectivity index (χ4v) is 2.88. The summed E-state index contributed by atoms with van der Waals surface area (Å²) in [6, 6.07) is 0.0526. The van der Waals surface area contributed by atoms with Gasteiger partial charge in [-0.05, 0) is 25.2 Å². The number of carbonyl (C=O) groups is 2. The molecular formula is C15H26N2O2. The lowest BCUT2D eigenvalue weighted by atomic mass is 9.87. The quantitative estimate of drug-likeness (QED) is 0.796. The van der Waals surface area contributed by atoms with Crippen LogP contribution in [0.5, 0.6) is 0 Å². The maximum atomic E-state index is 12.4. The first-order valence-electron chi connectivity index (χ1n) is 7.42. The van der Waals surface area contributed by atoms with Gasteiger partial charge in [-0.25, -0.2) is 0 Å². The third-order valence-electron chi connectivity index (χ3n) is 4.62. The Labute approximate surface area is 115 Å². The van der Waals surface area contributed by atoms with Crippen molar-refractivity contribution in [3.05, 3.63) is 0 Å². The predicted octanol–water partition coefficient (Wildman–Crippen LogP) is 2.08. The molecule has 19 heavy (non-hydrogen) atoms. The Hall–Kier alpha value is -0.900. The topological polar surface area (TPSA) is 49.4 Å². The summed E-state index contributed by atoms with van der Waals surface area (Å²) in [5, 5.41) is 3.34. The maximum absolute atomic E-state index is 12.4. The lowest BCUT2D eigenvalue weighted by molar-refractivity contribution is -0.141. The third-order valence-corrected chi connectivity index (χ3v) is 4.62. The van der Waals surface area contributed by atoms with Crippen molar-refractivity contribution in [1.29, 1.82) is 0 Å². The van der Waals surface area contributed by atoms with Crippen LogP contribution in [0, 0.1) is 5.41 Å². The van der Waals surface area contributed by atoms with Gasteiger partial charge in [-0.3, -0.25) is 14.5 Å². The van der Waals surface area contributed by atoms with Gasteiger partial charge >= 0.3 is 0 Å². The van der Waals surface area contributed by atoms with Crippen LogP contribution in [0.1, 0.15) is 59.8 Å². The molecule has 1 saturated carbocycles. The van der Waals surface area contributed by atoms with E-state index in [1.165, 1.54) is 0 Å². The minimum atomic E-state index is -0.317. The molecule has 2 fully saturated rings. The average molecular weight is 266 g/mol. The molecule has 1 aliphatic heterocycles. The van der Waals surface area contributed by atoms with Crippen molar-refractivity contribution in [2.24, 2.45) is 5.41 Å². The van der Waals surface area contributed by atoms with Gasteiger partial charge in [-0.15, -0.1) is 0 Å². The van der Waals surface area contributed by atoms with Crippen LogP contribution in [0.4, 0.5) is 0 Å². The summed E-state index contributed by atoms with van der Waals surface area (Å²) in [5.41, 5.74) is 0.0874. The van der Waals surface area contributed by atoms with Gasteiger partial charge < -0.3 is 5.32 Å². The van der Waals surface area contributed by atoms with Crippen molar-refractivity contribution in [1.82, 2.24) is 10.2 Å². The second kappa shape index (κ2) is 5.23. The van der Waals surface area contributed by atoms with Crippen LogP contribution in [0.2, 0.25) is 0 Å². The van der Waals surface area contributed by atoms with Crippen molar-refractivity contribution in [3.8, 4) is 0 Å². The molecule has 0 spiro atoms. The number of hydrogen-bond donors (Lipinski definition) is 1. The summed E-state index contributed by atoms with van der Waals surface area (Å²) in [7, 11) is 0. The van der Waals surface area contributed by atoms with Gasteiger partial charge in [0.2, 0.25) is 11.8 Å². The summed E-state index contributed by atoms with van der Waals surface area (Å²) in [6.07, 6.45) is 4.57. The Morgan fingerprint density at radius 2 is 1.79 bits per heavy atom. The van der Waals surface area contributed by atoms with Crippen LogP contribution in [0.3, 0.4) is 0 Å². The fourth-order valence-electron chi connectivity index (χ4n) is 2.88. The third kappa shape index (κ3) is 2.99. The number of imide groups is 1. The molecule has 4 nitrogen and oxygen atoms in total. The fraction of sp³-hybridized carbons (Fsp3) is 0.867. The largest absolute Gasteiger partial charge is 0.302 e. The Morgan fingerprint density at radius 3 is 2.32 bits per heavy atom. The van der Waals surface area contributed by atoms with Crippen molar-refractivity contribution < 1.29 is 9.59 Å². The first kappa shape index (κ1) is 14.5. The van der Waals surface area contributed by atoms with E-state index in [1.54, 1.807) is 4.90 Å². The highest BCUT2D eigenvalue weighted by Crippen LogP contribution is 2.29. The summed E-state index contributed by atoms with van der Waals surface area (Å²) in [4.78, 5) is 26.0. The predicted molar refractivity (Wildman–Crippen MR) is 74.6 cm³/mol. The van der Waals surface area contributed by atoms with E-state index in [2.05, 4.69) is 33.0 Å². The number of nitrogens with zero attached hydrogens (tertiary/aromatic N) is 1. The van der Waals surface area contributed by atoms with Crippen molar-refractivity contribution >= 4 is 11.8 Å². The van der Waals surface area contributed by atoms with E-state index in [-0.39, 0.29) is 35.4 Å². The average Bonchev–Trinajstić information content (AvgIpc) is 2.87. The Morgan fingerprint density at radius 1 is 1.21 bits per heavy atom. The van der Waals surface area contributed by atoms with Crippen molar-refractivity contribution in [2.75, 3.05) is 0 Å². The highest BCUT2D eigenvalue weighted by Gasteiger charge is 2.43. The minimum absolute atomic E-state index is 0.00648.